The first-order chi connectivity index (χ1) is 6.77. The van der Waals surface area contributed by atoms with Gasteiger partial charge >= 0.3 is 0 Å². The van der Waals surface area contributed by atoms with Gasteiger partial charge in [0.25, 0.3) is 0 Å². The molecule has 1 fully saturated rings. The lowest BCUT2D eigenvalue weighted by Gasteiger charge is -2.27. The van der Waals surface area contributed by atoms with Gasteiger partial charge in [-0.1, -0.05) is 6.92 Å². The van der Waals surface area contributed by atoms with E-state index in [-0.39, 0.29) is 0 Å². The molecule has 78 valence electrons. The molecule has 0 bridgehead atoms. The number of hydrogen-bond donors (Lipinski definition) is 1. The minimum absolute atomic E-state index is 0.760. The van der Waals surface area contributed by atoms with E-state index in [2.05, 4.69) is 30.6 Å². The number of piperidine rings is 1. The highest BCUT2D eigenvalue weighted by Crippen LogP contribution is 2.33. The van der Waals surface area contributed by atoms with Gasteiger partial charge in [-0.25, -0.2) is 0 Å². The summed E-state index contributed by atoms with van der Waals surface area (Å²) in [6.45, 7) is 7.00. The maximum Gasteiger partial charge on any atom is 0.00789 e. The summed E-state index contributed by atoms with van der Waals surface area (Å²) in [5, 5.41) is 5.70. The molecule has 2 rings (SSSR count). The molecule has 1 unspecified atom stereocenters. The van der Waals surface area contributed by atoms with E-state index < -0.39 is 0 Å². The molecule has 2 heteroatoms. The second kappa shape index (κ2) is 4.45. The van der Waals surface area contributed by atoms with Gasteiger partial charge in [-0.15, -0.1) is 11.3 Å². The molecule has 2 heterocycles. The van der Waals surface area contributed by atoms with E-state index in [4.69, 9.17) is 0 Å². The van der Waals surface area contributed by atoms with Gasteiger partial charge in [0.05, 0.1) is 0 Å². The Bertz CT molecular complexity index is 286. The van der Waals surface area contributed by atoms with Crippen molar-refractivity contribution in [1.82, 2.24) is 5.32 Å². The summed E-state index contributed by atoms with van der Waals surface area (Å²) >= 11 is 1.93. The molecule has 0 amide bonds. The first kappa shape index (κ1) is 10.2. The Morgan fingerprint density at radius 2 is 2.14 bits per heavy atom. The molecule has 0 aliphatic carbocycles. The Labute approximate surface area is 90.5 Å². The maximum absolute atomic E-state index is 3.43. The Hall–Kier alpha value is -0.340. The van der Waals surface area contributed by atoms with Crippen molar-refractivity contribution >= 4 is 11.3 Å². The number of thiophene rings is 1. The summed E-state index contributed by atoms with van der Waals surface area (Å²) in [6, 6.07) is 2.36. The smallest absolute Gasteiger partial charge is 0.00789 e. The molecule has 0 aromatic carbocycles. The number of rotatable bonds is 2. The molecule has 0 saturated carbocycles. The van der Waals surface area contributed by atoms with Crippen LogP contribution in [0.1, 0.15) is 36.1 Å². The monoisotopic (exact) mass is 209 g/mol. The van der Waals surface area contributed by atoms with Crippen molar-refractivity contribution in [2.45, 2.75) is 32.6 Å². The van der Waals surface area contributed by atoms with Crippen LogP contribution >= 0.6 is 11.3 Å². The number of hydrogen-bond acceptors (Lipinski definition) is 2. The summed E-state index contributed by atoms with van der Waals surface area (Å²) in [7, 11) is 0. The van der Waals surface area contributed by atoms with Crippen LogP contribution in [0.15, 0.2) is 11.4 Å². The highest BCUT2D eigenvalue weighted by Gasteiger charge is 2.21. The quantitative estimate of drug-likeness (QED) is 0.789. The summed E-state index contributed by atoms with van der Waals surface area (Å²) in [4.78, 5) is 1.58. The molecule has 1 saturated heterocycles. The average molecular weight is 209 g/mol. The predicted molar refractivity (Wildman–Crippen MR) is 63.1 cm³/mol. The molecule has 1 aliphatic rings. The lowest BCUT2D eigenvalue weighted by Crippen LogP contribution is -2.29. The highest BCUT2D eigenvalue weighted by atomic mass is 32.1. The predicted octanol–water partition coefficient (Wildman–Crippen LogP) is 3.16. The fraction of sp³-hybridized carbons (Fsp3) is 0.667. The van der Waals surface area contributed by atoms with Crippen molar-refractivity contribution in [2.24, 2.45) is 5.92 Å². The van der Waals surface area contributed by atoms with Crippen LogP contribution in [0, 0.1) is 12.8 Å². The van der Waals surface area contributed by atoms with Crippen LogP contribution in [-0.2, 0) is 0 Å². The third-order valence-electron chi connectivity index (χ3n) is 3.29. The molecular weight excluding hydrogens is 190 g/mol. The van der Waals surface area contributed by atoms with E-state index in [0.717, 1.165) is 11.8 Å². The van der Waals surface area contributed by atoms with Gasteiger partial charge in [-0.2, -0.15) is 0 Å². The van der Waals surface area contributed by atoms with Crippen LogP contribution < -0.4 is 5.32 Å². The van der Waals surface area contributed by atoms with Gasteiger partial charge in [0, 0.05) is 4.88 Å². The Balaban J connectivity index is 2.03. The number of nitrogens with one attached hydrogen (secondary N) is 1. The Morgan fingerprint density at radius 3 is 2.71 bits per heavy atom. The minimum Gasteiger partial charge on any atom is -0.317 e. The topological polar surface area (TPSA) is 12.0 Å². The van der Waals surface area contributed by atoms with E-state index in [1.165, 1.54) is 31.5 Å². The zero-order chi connectivity index (χ0) is 9.97. The summed E-state index contributed by atoms with van der Waals surface area (Å²) in [5.41, 5.74) is 1.42. The van der Waals surface area contributed by atoms with Gasteiger partial charge in [-0.05, 0) is 61.7 Å². The van der Waals surface area contributed by atoms with Crippen molar-refractivity contribution < 1.29 is 0 Å². The zero-order valence-electron chi connectivity index (χ0n) is 9.05. The molecule has 0 spiro atoms. The molecule has 14 heavy (non-hydrogen) atoms. The lowest BCUT2D eigenvalue weighted by atomic mass is 9.85. The third kappa shape index (κ3) is 2.18. The maximum atomic E-state index is 3.43. The summed E-state index contributed by atoms with van der Waals surface area (Å²) in [6.07, 6.45) is 2.69. The molecule has 0 radical (unpaired) electrons. The van der Waals surface area contributed by atoms with Crippen molar-refractivity contribution in [2.75, 3.05) is 13.1 Å². The normalized spacial score (nSPS) is 21.0. The van der Waals surface area contributed by atoms with E-state index in [9.17, 15) is 0 Å². The van der Waals surface area contributed by atoms with Crippen molar-refractivity contribution in [3.05, 3.63) is 21.9 Å². The van der Waals surface area contributed by atoms with Crippen LogP contribution in [-0.4, -0.2) is 13.1 Å². The molecule has 1 aliphatic heterocycles. The van der Waals surface area contributed by atoms with E-state index in [1.807, 2.05) is 11.3 Å². The molecular formula is C12H19NS. The van der Waals surface area contributed by atoms with Crippen LogP contribution in [0.25, 0.3) is 0 Å². The molecule has 1 atom stereocenters. The second-order valence-corrected chi connectivity index (χ2v) is 5.35. The third-order valence-corrected chi connectivity index (χ3v) is 4.54. The highest BCUT2D eigenvalue weighted by molar-refractivity contribution is 7.10. The second-order valence-electron chi connectivity index (χ2n) is 4.40. The zero-order valence-corrected chi connectivity index (χ0v) is 9.86. The average Bonchev–Trinajstić information content (AvgIpc) is 2.65. The Kier molecular flexibility index (Phi) is 3.24. The van der Waals surface area contributed by atoms with Crippen molar-refractivity contribution in [3.63, 3.8) is 0 Å². The first-order valence-corrected chi connectivity index (χ1v) is 6.41. The van der Waals surface area contributed by atoms with Crippen molar-refractivity contribution in [1.29, 1.82) is 0 Å². The van der Waals surface area contributed by atoms with E-state index in [1.54, 1.807) is 4.88 Å². The van der Waals surface area contributed by atoms with E-state index in [0.29, 0.717) is 0 Å². The summed E-state index contributed by atoms with van der Waals surface area (Å²) < 4.78 is 0. The molecule has 1 aromatic rings. The van der Waals surface area contributed by atoms with Gasteiger partial charge < -0.3 is 5.32 Å². The SMILES string of the molecule is Cc1csc(C(C)C2CCNCC2)c1. The largest absolute Gasteiger partial charge is 0.317 e. The van der Waals surface area contributed by atoms with Gasteiger partial charge in [-0.3, -0.25) is 0 Å². The molecule has 1 nitrogen and oxygen atoms in total. The lowest BCUT2D eigenvalue weighted by molar-refractivity contribution is 0.333. The fourth-order valence-corrected chi connectivity index (χ4v) is 3.32. The minimum atomic E-state index is 0.760. The molecule has 1 aromatic heterocycles. The van der Waals surface area contributed by atoms with Crippen LogP contribution in [0.4, 0.5) is 0 Å². The van der Waals surface area contributed by atoms with Crippen molar-refractivity contribution in [3.8, 4) is 0 Å². The van der Waals surface area contributed by atoms with Crippen LogP contribution in [0.5, 0.6) is 0 Å². The summed E-state index contributed by atoms with van der Waals surface area (Å²) in [5.74, 6) is 1.66. The Morgan fingerprint density at radius 1 is 1.43 bits per heavy atom. The van der Waals surface area contributed by atoms with Crippen LogP contribution in [0.2, 0.25) is 0 Å². The van der Waals surface area contributed by atoms with Crippen LogP contribution in [0.3, 0.4) is 0 Å². The first-order valence-electron chi connectivity index (χ1n) is 5.53. The molecule has 1 N–H and O–H groups in total. The number of aryl methyl sites for hydroxylation is 1. The van der Waals surface area contributed by atoms with Gasteiger partial charge in [0.2, 0.25) is 0 Å². The standard InChI is InChI=1S/C12H19NS/c1-9-7-12(14-8-9)10(2)11-3-5-13-6-4-11/h7-8,10-11,13H,3-6H2,1-2H3. The fourth-order valence-electron chi connectivity index (χ4n) is 2.27. The van der Waals surface area contributed by atoms with Gasteiger partial charge in [0.1, 0.15) is 0 Å². The van der Waals surface area contributed by atoms with E-state index >= 15 is 0 Å². The van der Waals surface area contributed by atoms with Gasteiger partial charge in [0.15, 0.2) is 0 Å².